The number of hydrogen-bond donors (Lipinski definition) is 3. The van der Waals surface area contributed by atoms with E-state index < -0.39 is 17.7 Å². The van der Waals surface area contributed by atoms with E-state index in [0.29, 0.717) is 71.7 Å². The van der Waals surface area contributed by atoms with Gasteiger partial charge in [-0.15, -0.1) is 0 Å². The summed E-state index contributed by atoms with van der Waals surface area (Å²) in [7, 11) is 0. The van der Waals surface area contributed by atoms with Crippen molar-refractivity contribution in [1.82, 2.24) is 20.3 Å². The number of aliphatic hydroxyl groups is 1. The summed E-state index contributed by atoms with van der Waals surface area (Å²) in [5, 5.41) is 26.1. The summed E-state index contributed by atoms with van der Waals surface area (Å²) in [4.78, 5) is 15.8. The molecule has 2 saturated heterocycles. The molecule has 3 fully saturated rings. The zero-order valence-electron chi connectivity index (χ0n) is 24.4. The maximum atomic E-state index is 16.7. The first-order valence-corrected chi connectivity index (χ1v) is 15.5. The molecule has 10 heteroatoms. The third-order valence-electron chi connectivity index (χ3n) is 9.74. The Morgan fingerprint density at radius 1 is 1.12 bits per heavy atom. The van der Waals surface area contributed by atoms with Gasteiger partial charge in [-0.3, -0.25) is 4.98 Å². The molecule has 4 heterocycles. The number of aromatic nitrogens is 3. The van der Waals surface area contributed by atoms with Crippen molar-refractivity contribution in [2.24, 2.45) is 5.41 Å². The topological polar surface area (TPSA) is 104 Å². The molecule has 226 valence electrons. The first kappa shape index (κ1) is 28.2. The lowest BCUT2D eigenvalue weighted by Gasteiger charge is -2.39. The standard InChI is InChI=1S/C33H37F2N5O3/c1-2-22-25(34)9-8-19-14-21(42)15-23(27(19)22)29-28(35)30-24(16-37-29)31(40-13-4-6-20(41)17-40)39-32(38-30)43-18-33-10-3-7-26(33)36-12-5-11-33/h8-9,14-16,20,26,36,41-42H,2-7,10-13,17-18H2,1H3. The van der Waals surface area contributed by atoms with Crippen molar-refractivity contribution in [3.63, 3.8) is 0 Å². The van der Waals surface area contributed by atoms with Crippen LogP contribution < -0.4 is 15.0 Å². The number of anilines is 1. The molecule has 4 aromatic rings. The zero-order valence-corrected chi connectivity index (χ0v) is 24.4. The number of phenolic OH excluding ortho intramolecular Hbond substituents is 1. The van der Waals surface area contributed by atoms with Crippen LogP contribution in [0.2, 0.25) is 0 Å². The van der Waals surface area contributed by atoms with Crippen LogP contribution in [0.1, 0.15) is 57.4 Å². The highest BCUT2D eigenvalue weighted by molar-refractivity contribution is 6.01. The summed E-state index contributed by atoms with van der Waals surface area (Å²) in [5.41, 5.74) is 0.728. The smallest absolute Gasteiger partial charge is 0.319 e. The summed E-state index contributed by atoms with van der Waals surface area (Å²) in [6.07, 6.45) is 8.31. The highest BCUT2D eigenvalue weighted by atomic mass is 19.1. The van der Waals surface area contributed by atoms with Gasteiger partial charge in [0.15, 0.2) is 5.82 Å². The monoisotopic (exact) mass is 589 g/mol. The largest absolute Gasteiger partial charge is 0.508 e. The van der Waals surface area contributed by atoms with Crippen molar-refractivity contribution in [1.29, 1.82) is 0 Å². The molecule has 7 rings (SSSR count). The minimum Gasteiger partial charge on any atom is -0.508 e. The number of aromatic hydroxyl groups is 1. The van der Waals surface area contributed by atoms with E-state index in [9.17, 15) is 14.6 Å². The van der Waals surface area contributed by atoms with E-state index in [1.54, 1.807) is 12.1 Å². The van der Waals surface area contributed by atoms with Crippen LogP contribution in [0.3, 0.4) is 0 Å². The Labute approximate surface area is 249 Å². The van der Waals surface area contributed by atoms with Crippen LogP contribution in [0.15, 0.2) is 30.5 Å². The fourth-order valence-corrected chi connectivity index (χ4v) is 7.62. The van der Waals surface area contributed by atoms with Crippen molar-refractivity contribution in [2.45, 2.75) is 70.4 Å². The molecular weight excluding hydrogens is 552 g/mol. The van der Waals surface area contributed by atoms with Crippen molar-refractivity contribution >= 4 is 27.5 Å². The van der Waals surface area contributed by atoms with Crippen molar-refractivity contribution in [3.05, 3.63) is 47.7 Å². The Hall–Kier alpha value is -3.63. The van der Waals surface area contributed by atoms with Gasteiger partial charge in [0, 0.05) is 36.3 Å². The van der Waals surface area contributed by atoms with Gasteiger partial charge >= 0.3 is 6.01 Å². The Morgan fingerprint density at radius 2 is 1.98 bits per heavy atom. The second-order valence-electron chi connectivity index (χ2n) is 12.4. The first-order valence-electron chi connectivity index (χ1n) is 15.5. The number of ether oxygens (including phenoxy) is 1. The number of aliphatic hydroxyl groups excluding tert-OH is 1. The van der Waals surface area contributed by atoms with E-state index in [4.69, 9.17) is 9.72 Å². The number of fused-ring (bicyclic) bond motifs is 3. The van der Waals surface area contributed by atoms with Crippen LogP contribution in [0.5, 0.6) is 11.8 Å². The number of hydrogen-bond acceptors (Lipinski definition) is 8. The van der Waals surface area contributed by atoms with Gasteiger partial charge in [-0.05, 0) is 86.0 Å². The van der Waals surface area contributed by atoms with E-state index in [1.807, 2.05) is 11.8 Å². The fourth-order valence-electron chi connectivity index (χ4n) is 7.62. The average molecular weight is 590 g/mol. The van der Waals surface area contributed by atoms with Crippen LogP contribution in [0.25, 0.3) is 32.9 Å². The Morgan fingerprint density at radius 3 is 2.81 bits per heavy atom. The van der Waals surface area contributed by atoms with Crippen molar-refractivity contribution < 1.29 is 23.7 Å². The minimum atomic E-state index is -0.696. The van der Waals surface area contributed by atoms with E-state index >= 15 is 4.39 Å². The molecular formula is C33H37F2N5O3. The van der Waals surface area contributed by atoms with Crippen LogP contribution in [-0.2, 0) is 6.42 Å². The number of piperidine rings is 2. The average Bonchev–Trinajstić information content (AvgIpc) is 3.44. The molecule has 3 atom stereocenters. The second kappa shape index (κ2) is 11.1. The number of rotatable bonds is 6. The Bertz CT molecular complexity index is 1700. The molecule has 3 aliphatic rings. The van der Waals surface area contributed by atoms with Gasteiger partial charge in [-0.1, -0.05) is 19.4 Å². The predicted octanol–water partition coefficient (Wildman–Crippen LogP) is 5.65. The first-order chi connectivity index (χ1) is 20.9. The number of halogens is 2. The third kappa shape index (κ3) is 4.94. The number of phenols is 1. The Balaban J connectivity index is 1.37. The van der Waals surface area contributed by atoms with Gasteiger partial charge in [-0.2, -0.15) is 9.97 Å². The quantitative estimate of drug-likeness (QED) is 0.265. The minimum absolute atomic E-state index is 0.00110. The lowest BCUT2D eigenvalue weighted by Crippen LogP contribution is -2.49. The molecule has 3 N–H and O–H groups in total. The highest BCUT2D eigenvalue weighted by Gasteiger charge is 2.45. The number of aryl methyl sites for hydroxylation is 1. The summed E-state index contributed by atoms with van der Waals surface area (Å²) >= 11 is 0. The molecule has 0 radical (unpaired) electrons. The predicted molar refractivity (Wildman–Crippen MR) is 161 cm³/mol. The van der Waals surface area contributed by atoms with Gasteiger partial charge < -0.3 is 25.2 Å². The highest BCUT2D eigenvalue weighted by Crippen LogP contribution is 2.45. The summed E-state index contributed by atoms with van der Waals surface area (Å²) in [6.45, 7) is 4.30. The SMILES string of the molecule is CCc1c(F)ccc2cc(O)cc(-c3ncc4c(N5CCCC(O)C5)nc(OCC56CCCNC5CCC6)nc4c3F)c12. The maximum Gasteiger partial charge on any atom is 0.319 e. The molecule has 0 amide bonds. The van der Waals surface area contributed by atoms with Crippen molar-refractivity contribution in [3.8, 4) is 23.0 Å². The molecule has 0 bridgehead atoms. The van der Waals surface area contributed by atoms with E-state index in [-0.39, 0.29) is 28.4 Å². The van der Waals surface area contributed by atoms with Crippen LogP contribution in [0, 0.1) is 17.0 Å². The number of nitrogens with zero attached hydrogens (tertiary/aromatic N) is 4. The van der Waals surface area contributed by atoms with E-state index in [0.717, 1.165) is 45.1 Å². The van der Waals surface area contributed by atoms with Crippen LogP contribution in [-0.4, -0.2) is 63.6 Å². The molecule has 3 unspecified atom stereocenters. The normalized spacial score (nSPS) is 24.0. The Kier molecular flexibility index (Phi) is 7.29. The van der Waals surface area contributed by atoms with Gasteiger partial charge in [0.25, 0.3) is 0 Å². The molecule has 1 saturated carbocycles. The lowest BCUT2D eigenvalue weighted by atomic mass is 9.76. The molecule has 1 aliphatic carbocycles. The molecule has 2 aromatic carbocycles. The lowest BCUT2D eigenvalue weighted by molar-refractivity contribution is 0.0798. The summed E-state index contributed by atoms with van der Waals surface area (Å²) in [6, 6.07) is 6.38. The summed E-state index contributed by atoms with van der Waals surface area (Å²) in [5.74, 6) is -0.689. The molecule has 2 aliphatic heterocycles. The summed E-state index contributed by atoms with van der Waals surface area (Å²) < 4.78 is 37.9. The number of benzene rings is 2. The number of nitrogens with one attached hydrogen (secondary N) is 1. The third-order valence-corrected chi connectivity index (χ3v) is 9.74. The van der Waals surface area contributed by atoms with Gasteiger partial charge in [0.1, 0.15) is 28.6 Å². The molecule has 43 heavy (non-hydrogen) atoms. The van der Waals surface area contributed by atoms with Gasteiger partial charge in [0.05, 0.1) is 18.1 Å². The number of β-amino-alcohol motifs (C(OH)–C–C–N with tert-alkyl or cyclic N) is 1. The zero-order chi connectivity index (χ0) is 29.7. The maximum absolute atomic E-state index is 16.7. The molecule has 0 spiro atoms. The van der Waals surface area contributed by atoms with E-state index in [2.05, 4.69) is 15.3 Å². The fraction of sp³-hybridized carbons (Fsp3) is 0.485. The van der Waals surface area contributed by atoms with E-state index in [1.165, 1.54) is 18.3 Å². The van der Waals surface area contributed by atoms with Gasteiger partial charge in [-0.25, -0.2) is 8.78 Å². The van der Waals surface area contributed by atoms with Crippen LogP contribution >= 0.6 is 0 Å². The molecule has 8 nitrogen and oxygen atoms in total. The van der Waals surface area contributed by atoms with Crippen molar-refractivity contribution in [2.75, 3.05) is 31.1 Å². The van der Waals surface area contributed by atoms with Crippen LogP contribution in [0.4, 0.5) is 14.6 Å². The number of pyridine rings is 1. The molecule has 2 aromatic heterocycles. The second-order valence-corrected chi connectivity index (χ2v) is 12.4. The van der Waals surface area contributed by atoms with Gasteiger partial charge in [0.2, 0.25) is 0 Å².